The molecular weight excluding hydrogens is 524 g/mol. The lowest BCUT2D eigenvalue weighted by atomic mass is 9.78. The van der Waals surface area contributed by atoms with Gasteiger partial charge in [-0.3, -0.25) is 9.11 Å². The maximum Gasteiger partial charge on any atom is 0.294 e. The first kappa shape index (κ1) is 27.7. The minimum atomic E-state index is -4.42. The molecule has 1 aliphatic rings. The first-order chi connectivity index (χ1) is 17.8. The maximum atomic E-state index is 12.0. The van der Waals surface area contributed by atoms with Crippen molar-refractivity contribution in [1.29, 1.82) is 0 Å². The van der Waals surface area contributed by atoms with Gasteiger partial charge in [-0.25, -0.2) is 0 Å². The standard InChI is InChI=1S/C28H30N2O6S2/c1-20-18-22(38(34,35)36)19-24-23(20)13-14-25-27(24)28(2,3)26(30(25)16-9-17-37(31,32)33)12-7-8-15-29-21-10-5-4-6-11-21/h4-8,10-15,18-19H,9,16-17H2,1-3H3,(H2,31,32,33,34,35,36)/p+1. The number of allylic oxidation sites excluding steroid dienone is 3. The lowest BCUT2D eigenvalue weighted by Crippen LogP contribution is -2.28. The lowest BCUT2D eigenvalue weighted by molar-refractivity contribution is -0.437. The molecule has 1 aliphatic heterocycles. The van der Waals surface area contributed by atoms with E-state index < -0.39 is 25.7 Å². The minimum Gasteiger partial charge on any atom is -0.362 e. The van der Waals surface area contributed by atoms with Crippen molar-refractivity contribution in [2.45, 2.75) is 37.5 Å². The van der Waals surface area contributed by atoms with Gasteiger partial charge in [-0.2, -0.15) is 21.4 Å². The molecule has 3 N–H and O–H groups in total. The molecule has 0 bridgehead atoms. The molecule has 0 aliphatic carbocycles. The second-order valence-corrected chi connectivity index (χ2v) is 12.8. The number of rotatable bonds is 9. The van der Waals surface area contributed by atoms with Crippen molar-refractivity contribution in [2.24, 2.45) is 0 Å². The third-order valence-corrected chi connectivity index (χ3v) is 8.34. The van der Waals surface area contributed by atoms with Gasteiger partial charge in [-0.15, -0.1) is 0 Å². The second kappa shape index (κ2) is 10.5. The van der Waals surface area contributed by atoms with Gasteiger partial charge in [0.25, 0.3) is 20.2 Å². The summed E-state index contributed by atoms with van der Waals surface area (Å²) in [5.74, 6) is -0.378. The number of nitrogens with zero attached hydrogens (tertiary/aromatic N) is 1. The predicted octanol–water partition coefficient (Wildman–Crippen LogP) is 5.23. The number of hydrogen-bond acceptors (Lipinski definition) is 5. The molecular formula is C28H31N2O6S2+. The van der Waals surface area contributed by atoms with Crippen LogP contribution in [0, 0.1) is 6.92 Å². The third-order valence-electron chi connectivity index (χ3n) is 6.71. The quantitative estimate of drug-likeness (QED) is 0.188. The van der Waals surface area contributed by atoms with E-state index in [2.05, 4.69) is 5.32 Å². The molecule has 0 aromatic heterocycles. The molecule has 4 rings (SSSR count). The number of hydrogen-bond donors (Lipinski definition) is 3. The Hall–Kier alpha value is -3.31. The number of nitrogens with one attached hydrogen (secondary N) is 1. The highest BCUT2D eigenvalue weighted by atomic mass is 32.2. The van der Waals surface area contributed by atoms with E-state index in [9.17, 15) is 25.9 Å². The largest absolute Gasteiger partial charge is 0.362 e. The molecule has 0 spiro atoms. The van der Waals surface area contributed by atoms with E-state index in [1.165, 1.54) is 12.1 Å². The maximum absolute atomic E-state index is 12.0. The summed E-state index contributed by atoms with van der Waals surface area (Å²) in [6.07, 6.45) is 7.68. The van der Waals surface area contributed by atoms with Gasteiger partial charge >= 0.3 is 0 Å². The molecule has 0 fully saturated rings. The molecule has 3 aromatic rings. The summed E-state index contributed by atoms with van der Waals surface area (Å²) in [6, 6.07) is 16.5. The lowest BCUT2D eigenvalue weighted by Gasteiger charge is -2.18. The van der Waals surface area contributed by atoms with E-state index in [0.29, 0.717) is 17.5 Å². The molecule has 10 heteroatoms. The molecule has 0 atom stereocenters. The molecule has 0 unspecified atom stereocenters. The summed E-state index contributed by atoms with van der Waals surface area (Å²) in [4.78, 5) is -0.177. The van der Waals surface area contributed by atoms with Crippen molar-refractivity contribution in [3.8, 4) is 0 Å². The summed E-state index contributed by atoms with van der Waals surface area (Å²) >= 11 is 0. The zero-order valence-corrected chi connectivity index (χ0v) is 23.1. The van der Waals surface area contributed by atoms with E-state index >= 15 is 0 Å². The SMILES string of the molecule is Cc1cc(S(=O)(=O)O)cc2c3c(ccc12)[N+](CCCS(=O)(=O)O)=C(/C=C/C=C/Nc1ccccc1)C3(C)C. The van der Waals surface area contributed by atoms with Crippen LogP contribution in [0.1, 0.15) is 31.4 Å². The predicted molar refractivity (Wildman–Crippen MR) is 151 cm³/mol. The normalized spacial score (nSPS) is 15.6. The van der Waals surface area contributed by atoms with Gasteiger partial charge in [0.2, 0.25) is 5.69 Å². The fourth-order valence-electron chi connectivity index (χ4n) is 5.03. The molecule has 38 heavy (non-hydrogen) atoms. The Bertz CT molecular complexity index is 1690. The van der Waals surface area contributed by atoms with Gasteiger partial charge < -0.3 is 5.32 Å². The molecule has 3 aromatic carbocycles. The van der Waals surface area contributed by atoms with Gasteiger partial charge in [0.15, 0.2) is 5.71 Å². The van der Waals surface area contributed by atoms with E-state index in [1.807, 2.05) is 79.1 Å². The van der Waals surface area contributed by atoms with Crippen LogP contribution in [0.15, 0.2) is 83.9 Å². The average Bonchev–Trinajstić information content (AvgIpc) is 3.04. The number of fused-ring (bicyclic) bond motifs is 3. The number of aryl methyl sites for hydroxylation is 1. The Morgan fingerprint density at radius 1 is 0.947 bits per heavy atom. The van der Waals surface area contributed by atoms with Gasteiger partial charge in [0, 0.05) is 36.0 Å². The molecule has 0 saturated heterocycles. The first-order valence-electron chi connectivity index (χ1n) is 12.1. The number of para-hydroxylation sites is 1. The topological polar surface area (TPSA) is 124 Å². The van der Waals surface area contributed by atoms with Crippen LogP contribution in [0.3, 0.4) is 0 Å². The summed E-state index contributed by atoms with van der Waals surface area (Å²) in [6.45, 7) is 6.17. The highest BCUT2D eigenvalue weighted by Gasteiger charge is 2.45. The minimum absolute atomic E-state index is 0.177. The smallest absolute Gasteiger partial charge is 0.294 e. The van der Waals surface area contributed by atoms with Crippen molar-refractivity contribution in [2.75, 3.05) is 17.6 Å². The van der Waals surface area contributed by atoms with Crippen molar-refractivity contribution in [3.63, 3.8) is 0 Å². The molecule has 8 nitrogen and oxygen atoms in total. The van der Waals surface area contributed by atoms with Crippen LogP contribution < -0.4 is 5.32 Å². The number of benzene rings is 3. The van der Waals surface area contributed by atoms with Crippen LogP contribution in [0.4, 0.5) is 11.4 Å². The second-order valence-electron chi connectivity index (χ2n) is 9.80. The van der Waals surface area contributed by atoms with E-state index in [1.54, 1.807) is 13.1 Å². The van der Waals surface area contributed by atoms with Crippen molar-refractivity contribution >= 4 is 48.1 Å². The molecule has 0 saturated carbocycles. The summed E-state index contributed by atoms with van der Waals surface area (Å²) in [5, 5.41) is 4.75. The Morgan fingerprint density at radius 3 is 2.32 bits per heavy atom. The Labute approximate surface area is 223 Å². The van der Waals surface area contributed by atoms with Crippen molar-refractivity contribution in [1.82, 2.24) is 0 Å². The summed E-state index contributed by atoms with van der Waals surface area (Å²) in [5.41, 5.74) is 3.65. The van der Waals surface area contributed by atoms with Gasteiger partial charge in [-0.05, 0) is 73.5 Å². The van der Waals surface area contributed by atoms with Crippen LogP contribution in [0.2, 0.25) is 0 Å². The molecule has 200 valence electrons. The van der Waals surface area contributed by atoms with E-state index in [0.717, 1.165) is 28.0 Å². The molecule has 0 amide bonds. The Morgan fingerprint density at radius 2 is 1.66 bits per heavy atom. The van der Waals surface area contributed by atoms with E-state index in [-0.39, 0.29) is 17.1 Å². The zero-order chi connectivity index (χ0) is 27.7. The number of anilines is 1. The first-order valence-corrected chi connectivity index (χ1v) is 15.1. The summed E-state index contributed by atoms with van der Waals surface area (Å²) in [7, 11) is -8.54. The summed E-state index contributed by atoms with van der Waals surface area (Å²) < 4.78 is 67.8. The van der Waals surface area contributed by atoms with Gasteiger partial charge in [0.1, 0.15) is 6.54 Å². The fraction of sp³-hybridized carbons (Fsp3) is 0.250. The Kier molecular flexibility index (Phi) is 7.62. The van der Waals surface area contributed by atoms with Gasteiger partial charge in [-0.1, -0.05) is 24.3 Å². The van der Waals surface area contributed by atoms with Crippen LogP contribution in [0.5, 0.6) is 0 Å². The monoisotopic (exact) mass is 555 g/mol. The van der Waals surface area contributed by atoms with Crippen LogP contribution in [-0.4, -0.2) is 48.5 Å². The highest BCUT2D eigenvalue weighted by Crippen LogP contribution is 2.45. The Balaban J connectivity index is 1.79. The molecule has 1 heterocycles. The average molecular weight is 556 g/mol. The molecule has 0 radical (unpaired) electrons. The van der Waals surface area contributed by atoms with Crippen molar-refractivity contribution in [3.05, 3.63) is 90.2 Å². The van der Waals surface area contributed by atoms with Crippen LogP contribution in [0.25, 0.3) is 10.8 Å². The van der Waals surface area contributed by atoms with Crippen molar-refractivity contribution < 1.29 is 30.5 Å². The van der Waals surface area contributed by atoms with Crippen LogP contribution >= 0.6 is 0 Å². The van der Waals surface area contributed by atoms with Gasteiger partial charge in [0.05, 0.1) is 16.1 Å². The highest BCUT2D eigenvalue weighted by molar-refractivity contribution is 7.86. The van der Waals surface area contributed by atoms with E-state index in [4.69, 9.17) is 0 Å². The fourth-order valence-corrected chi connectivity index (χ4v) is 6.11. The zero-order valence-electron chi connectivity index (χ0n) is 21.4. The third kappa shape index (κ3) is 5.88. The van der Waals surface area contributed by atoms with Crippen LogP contribution in [-0.2, 0) is 25.7 Å².